The van der Waals surface area contributed by atoms with Crippen LogP contribution in [-0.4, -0.2) is 5.91 Å². The second kappa shape index (κ2) is 7.26. The highest BCUT2D eigenvalue weighted by Crippen LogP contribution is 2.38. The first-order valence-electron chi connectivity index (χ1n) is 6.91. The van der Waals surface area contributed by atoms with Crippen molar-refractivity contribution in [2.75, 3.05) is 5.32 Å². The Hall–Kier alpha value is -2.10. The van der Waals surface area contributed by atoms with E-state index in [-0.39, 0.29) is 0 Å². The Labute approximate surface area is 151 Å². The minimum atomic E-state index is -5.65. The van der Waals surface area contributed by atoms with Crippen molar-refractivity contribution in [1.29, 1.82) is 0 Å². The maximum Gasteiger partial charge on any atom is 0.422 e. The van der Waals surface area contributed by atoms with Gasteiger partial charge in [0.1, 0.15) is 11.3 Å². The first-order chi connectivity index (χ1) is 11.9. The van der Waals surface area contributed by atoms with E-state index >= 15 is 0 Å². The molecule has 1 N–H and O–H groups in total. The Morgan fingerprint density at radius 1 is 1.04 bits per heavy atom. The molecule has 0 heterocycles. The normalized spacial score (nSPS) is 11.6. The minimum absolute atomic E-state index is 0.399. The van der Waals surface area contributed by atoms with Gasteiger partial charge in [-0.3, -0.25) is 4.79 Å². The number of benzene rings is 2. The van der Waals surface area contributed by atoms with E-state index < -0.39 is 53.0 Å². The molecule has 0 spiro atoms. The van der Waals surface area contributed by atoms with Crippen molar-refractivity contribution in [2.24, 2.45) is 0 Å². The van der Waals surface area contributed by atoms with E-state index in [1.165, 1.54) is 0 Å². The minimum Gasteiger partial charge on any atom is -0.321 e. The molecule has 10 heteroatoms. The van der Waals surface area contributed by atoms with Gasteiger partial charge in [-0.05, 0) is 18.6 Å². The molecule has 2 nitrogen and oxygen atoms in total. The molecule has 1 amide bonds. The van der Waals surface area contributed by atoms with Crippen LogP contribution in [0.25, 0.3) is 0 Å². The zero-order valence-electron chi connectivity index (χ0n) is 12.9. The van der Waals surface area contributed by atoms with Crippen molar-refractivity contribution in [1.82, 2.24) is 0 Å². The number of rotatable bonds is 3. The molecule has 26 heavy (non-hydrogen) atoms. The molecule has 0 aliphatic rings. The first-order valence-corrected chi connectivity index (χ1v) is 7.70. The average molecular weight is 444 g/mol. The zero-order chi connectivity index (χ0) is 19.8. The van der Waals surface area contributed by atoms with Gasteiger partial charge < -0.3 is 5.32 Å². The number of alkyl halides is 3. The summed E-state index contributed by atoms with van der Waals surface area (Å²) in [5.74, 6) is -11.0. The van der Waals surface area contributed by atoms with Crippen LogP contribution >= 0.6 is 15.9 Å². The lowest BCUT2D eigenvalue weighted by atomic mass is 10.1. The predicted molar refractivity (Wildman–Crippen MR) is 82.5 cm³/mol. The number of anilines is 1. The van der Waals surface area contributed by atoms with E-state index in [2.05, 4.69) is 15.9 Å². The van der Waals surface area contributed by atoms with E-state index in [9.17, 15) is 35.5 Å². The number of carbonyl (C=O) groups excluding carboxylic acids is 1. The van der Waals surface area contributed by atoms with E-state index in [1.54, 1.807) is 30.4 Å². The van der Waals surface area contributed by atoms with E-state index in [1.807, 2.05) is 0 Å². The van der Waals surface area contributed by atoms with Crippen LogP contribution in [0.2, 0.25) is 0 Å². The number of nitrogens with one attached hydrogen (secondary N) is 1. The van der Waals surface area contributed by atoms with Gasteiger partial charge in [-0.1, -0.05) is 33.6 Å². The van der Waals surface area contributed by atoms with Crippen molar-refractivity contribution in [3.05, 3.63) is 62.6 Å². The van der Waals surface area contributed by atoms with Crippen molar-refractivity contribution in [2.45, 2.75) is 19.5 Å². The van der Waals surface area contributed by atoms with Gasteiger partial charge in [0.25, 0.3) is 0 Å². The highest BCUT2D eigenvalue weighted by atomic mass is 79.9. The molecule has 0 fully saturated rings. The summed E-state index contributed by atoms with van der Waals surface area (Å²) in [6.45, 7) is 1.72. The Kier molecular flexibility index (Phi) is 5.64. The van der Waals surface area contributed by atoms with Gasteiger partial charge >= 0.3 is 6.18 Å². The lowest BCUT2D eigenvalue weighted by molar-refractivity contribution is -0.143. The third-order valence-electron chi connectivity index (χ3n) is 3.36. The molecule has 0 atom stereocenters. The number of carbonyl (C=O) groups is 1. The second-order valence-corrected chi connectivity index (χ2v) is 6.18. The summed E-state index contributed by atoms with van der Waals surface area (Å²) >= 11 is 3.15. The van der Waals surface area contributed by atoms with Gasteiger partial charge in [-0.15, -0.1) is 0 Å². The van der Waals surface area contributed by atoms with Gasteiger partial charge in [0, 0.05) is 4.47 Å². The van der Waals surface area contributed by atoms with Crippen molar-refractivity contribution >= 4 is 27.5 Å². The van der Waals surface area contributed by atoms with Crippen LogP contribution < -0.4 is 5.32 Å². The third-order valence-corrected chi connectivity index (χ3v) is 4.14. The molecule has 0 aliphatic heterocycles. The predicted octanol–water partition coefficient (Wildman–Crippen LogP) is 5.51. The molecule has 0 aromatic heterocycles. The second-order valence-electron chi connectivity index (χ2n) is 5.32. The number of hydrogen-bond acceptors (Lipinski definition) is 1. The summed E-state index contributed by atoms with van der Waals surface area (Å²) in [4.78, 5) is 11.9. The number of aryl methyl sites for hydroxylation is 1. The molecular formula is C16H9BrF7NO. The fraction of sp³-hybridized carbons (Fsp3) is 0.188. The molecule has 0 radical (unpaired) electrons. The number of hydrogen-bond donors (Lipinski definition) is 1. The summed E-state index contributed by atoms with van der Waals surface area (Å²) in [7, 11) is 0. The fourth-order valence-electron chi connectivity index (χ4n) is 2.19. The van der Waals surface area contributed by atoms with Crippen LogP contribution in [0.15, 0.2) is 22.7 Å². The monoisotopic (exact) mass is 443 g/mol. The molecule has 2 rings (SSSR count). The molecule has 0 saturated carbocycles. The Balaban J connectivity index is 2.38. The Morgan fingerprint density at radius 3 is 2.08 bits per heavy atom. The lowest BCUT2D eigenvalue weighted by Crippen LogP contribution is -2.21. The van der Waals surface area contributed by atoms with Crippen LogP contribution in [-0.2, 0) is 17.4 Å². The van der Waals surface area contributed by atoms with E-state index in [4.69, 9.17) is 0 Å². The number of amides is 1. The van der Waals surface area contributed by atoms with Gasteiger partial charge in [0.2, 0.25) is 5.91 Å². The third kappa shape index (κ3) is 4.00. The summed E-state index contributed by atoms with van der Waals surface area (Å²) < 4.78 is 92.7. The van der Waals surface area contributed by atoms with Crippen LogP contribution in [0.4, 0.5) is 36.4 Å². The summed E-state index contributed by atoms with van der Waals surface area (Å²) in [5.41, 5.74) is -3.16. The Morgan fingerprint density at radius 2 is 1.58 bits per heavy atom. The van der Waals surface area contributed by atoms with Crippen LogP contribution in [0.1, 0.15) is 16.7 Å². The Bertz CT molecular complexity index is 851. The summed E-state index contributed by atoms with van der Waals surface area (Å²) in [6.07, 6.45) is -6.09. The van der Waals surface area contributed by atoms with E-state index in [0.29, 0.717) is 10.0 Å². The maximum atomic E-state index is 13.8. The molecule has 0 bridgehead atoms. The van der Waals surface area contributed by atoms with Gasteiger partial charge in [-0.2, -0.15) is 13.2 Å². The van der Waals surface area contributed by atoms with Crippen molar-refractivity contribution < 1.29 is 35.5 Å². The van der Waals surface area contributed by atoms with E-state index in [0.717, 1.165) is 5.56 Å². The summed E-state index contributed by atoms with van der Waals surface area (Å²) in [6, 6.07) is 4.90. The highest BCUT2D eigenvalue weighted by Gasteiger charge is 2.42. The fourth-order valence-corrected chi connectivity index (χ4v) is 2.57. The highest BCUT2D eigenvalue weighted by molar-refractivity contribution is 9.10. The van der Waals surface area contributed by atoms with Crippen molar-refractivity contribution in [3.63, 3.8) is 0 Å². The smallest absolute Gasteiger partial charge is 0.321 e. The zero-order valence-corrected chi connectivity index (χ0v) is 14.5. The first kappa shape index (κ1) is 20.2. The average Bonchev–Trinajstić information content (AvgIpc) is 2.52. The molecule has 2 aromatic carbocycles. The van der Waals surface area contributed by atoms with Crippen LogP contribution in [0.5, 0.6) is 0 Å². The van der Waals surface area contributed by atoms with Gasteiger partial charge in [0.15, 0.2) is 23.3 Å². The largest absolute Gasteiger partial charge is 0.422 e. The topological polar surface area (TPSA) is 29.1 Å². The van der Waals surface area contributed by atoms with Crippen molar-refractivity contribution in [3.8, 4) is 0 Å². The standard InChI is InChI=1S/C16H9BrF7NO/c1-6-2-3-8(17)7(4-6)5-9(26)25-15-13(20)11(18)10(16(22,23)24)12(19)14(15)21/h2-4H,5H2,1H3,(H,25,26). The molecule has 0 aliphatic carbocycles. The van der Waals surface area contributed by atoms with Crippen LogP contribution in [0, 0.1) is 30.2 Å². The molecule has 2 aromatic rings. The molecule has 0 saturated heterocycles. The van der Waals surface area contributed by atoms with Crippen LogP contribution in [0.3, 0.4) is 0 Å². The summed E-state index contributed by atoms with van der Waals surface area (Å²) in [5, 5.41) is 1.58. The quantitative estimate of drug-likeness (QED) is 0.491. The number of halogens is 8. The van der Waals surface area contributed by atoms with Gasteiger partial charge in [0.05, 0.1) is 6.42 Å². The lowest BCUT2D eigenvalue weighted by Gasteiger charge is -2.15. The molecule has 140 valence electrons. The molecular weight excluding hydrogens is 435 g/mol. The van der Waals surface area contributed by atoms with Gasteiger partial charge in [-0.25, -0.2) is 17.6 Å². The maximum absolute atomic E-state index is 13.8. The SMILES string of the molecule is Cc1ccc(Br)c(CC(=O)Nc2c(F)c(F)c(C(F)(F)F)c(F)c2F)c1. The molecule has 0 unspecified atom stereocenters.